The van der Waals surface area contributed by atoms with E-state index >= 15 is 0 Å². The fourth-order valence-corrected chi connectivity index (χ4v) is 3.30. The molecule has 6 heteroatoms. The monoisotopic (exact) mass is 377 g/mol. The van der Waals surface area contributed by atoms with Crippen molar-refractivity contribution >= 4 is 40.5 Å². The second-order valence-electron chi connectivity index (χ2n) is 6.00. The molecule has 3 rings (SSSR count). The molecule has 0 bridgehead atoms. The third-order valence-corrected chi connectivity index (χ3v) is 4.90. The summed E-state index contributed by atoms with van der Waals surface area (Å²) in [6, 6.07) is 15.6. The summed E-state index contributed by atoms with van der Waals surface area (Å²) < 4.78 is 0. The topological polar surface area (TPSA) is 35.6 Å². The van der Waals surface area contributed by atoms with Gasteiger partial charge in [-0.2, -0.15) is 0 Å². The van der Waals surface area contributed by atoms with E-state index in [0.29, 0.717) is 23.0 Å². The van der Waals surface area contributed by atoms with Gasteiger partial charge in [0.1, 0.15) is 0 Å². The Morgan fingerprint density at radius 3 is 2.44 bits per heavy atom. The molecule has 0 unspecified atom stereocenters. The second kappa shape index (κ2) is 8.45. The molecule has 4 nitrogen and oxygen atoms in total. The predicted octanol–water partition coefficient (Wildman–Crippen LogP) is 4.14. The summed E-state index contributed by atoms with van der Waals surface area (Å²) in [6.45, 7) is 3.78. The number of nitrogens with zero attached hydrogens (tertiary/aromatic N) is 2. The van der Waals surface area contributed by atoms with Gasteiger partial charge in [0, 0.05) is 49.9 Å². The van der Waals surface area contributed by atoms with Gasteiger partial charge in [0.25, 0.3) is 0 Å². The van der Waals surface area contributed by atoms with Crippen LogP contribution in [-0.4, -0.2) is 43.5 Å². The average molecular weight is 378 g/mol. The van der Waals surface area contributed by atoms with Crippen molar-refractivity contribution < 1.29 is 4.79 Å². The first-order valence-corrected chi connectivity index (χ1v) is 9.16. The zero-order valence-electron chi connectivity index (χ0n) is 13.9. The Labute approximate surface area is 158 Å². The third kappa shape index (κ3) is 4.80. The van der Waals surface area contributed by atoms with E-state index in [0.717, 1.165) is 31.9 Å². The van der Waals surface area contributed by atoms with E-state index < -0.39 is 0 Å². The van der Waals surface area contributed by atoms with Gasteiger partial charge in [-0.05, 0) is 30.3 Å². The summed E-state index contributed by atoms with van der Waals surface area (Å²) in [7, 11) is 0. The highest BCUT2D eigenvalue weighted by molar-refractivity contribution is 6.35. The molecular weight excluding hydrogens is 357 g/mol. The normalized spacial score (nSPS) is 14.5. The number of hydrogen-bond donors (Lipinski definition) is 1. The standard InChI is InChI=1S/C19H21Cl2N3O/c20-15-6-7-17(21)18(14-15)22-9-8-19(25)24-12-10-23(11-13-24)16-4-2-1-3-5-16/h1-7,14,22H,8-13H2. The molecule has 1 aliphatic heterocycles. The number of piperazine rings is 1. The molecule has 1 aliphatic rings. The van der Waals surface area contributed by atoms with Gasteiger partial charge < -0.3 is 15.1 Å². The Kier molecular flexibility index (Phi) is 6.05. The van der Waals surface area contributed by atoms with Gasteiger partial charge in [0.2, 0.25) is 5.91 Å². The summed E-state index contributed by atoms with van der Waals surface area (Å²) in [5.74, 6) is 0.165. The van der Waals surface area contributed by atoms with Gasteiger partial charge in [0.05, 0.1) is 10.7 Å². The van der Waals surface area contributed by atoms with Gasteiger partial charge in [0.15, 0.2) is 0 Å². The second-order valence-corrected chi connectivity index (χ2v) is 6.85. The quantitative estimate of drug-likeness (QED) is 0.849. The average Bonchev–Trinajstić information content (AvgIpc) is 2.65. The molecule has 0 aliphatic carbocycles. The van der Waals surface area contributed by atoms with E-state index in [1.54, 1.807) is 18.2 Å². The van der Waals surface area contributed by atoms with Crippen molar-refractivity contribution in [1.82, 2.24) is 4.90 Å². The summed E-state index contributed by atoms with van der Waals surface area (Å²) in [5.41, 5.74) is 1.97. The minimum Gasteiger partial charge on any atom is -0.383 e. The number of para-hydroxylation sites is 1. The van der Waals surface area contributed by atoms with Crippen molar-refractivity contribution in [2.45, 2.75) is 6.42 Å². The molecular formula is C19H21Cl2N3O. The highest BCUT2D eigenvalue weighted by Gasteiger charge is 2.20. The molecule has 25 heavy (non-hydrogen) atoms. The fraction of sp³-hybridized carbons (Fsp3) is 0.316. The Hall–Kier alpha value is -1.91. The van der Waals surface area contributed by atoms with Gasteiger partial charge in [-0.15, -0.1) is 0 Å². The van der Waals surface area contributed by atoms with Crippen LogP contribution in [0.15, 0.2) is 48.5 Å². The molecule has 1 N–H and O–H groups in total. The number of halogens is 2. The predicted molar refractivity (Wildman–Crippen MR) is 105 cm³/mol. The molecule has 1 fully saturated rings. The summed E-state index contributed by atoms with van der Waals surface area (Å²) in [5, 5.41) is 4.41. The number of anilines is 2. The Morgan fingerprint density at radius 1 is 1.00 bits per heavy atom. The van der Waals surface area contributed by atoms with E-state index in [1.807, 2.05) is 23.1 Å². The maximum atomic E-state index is 12.4. The van der Waals surface area contributed by atoms with Crippen LogP contribution in [0.4, 0.5) is 11.4 Å². The molecule has 2 aromatic rings. The van der Waals surface area contributed by atoms with Crippen LogP contribution in [-0.2, 0) is 4.79 Å². The maximum absolute atomic E-state index is 12.4. The number of carbonyl (C=O) groups is 1. The molecule has 132 valence electrons. The Morgan fingerprint density at radius 2 is 1.72 bits per heavy atom. The van der Waals surface area contributed by atoms with Crippen LogP contribution >= 0.6 is 23.2 Å². The van der Waals surface area contributed by atoms with Crippen molar-refractivity contribution in [2.24, 2.45) is 0 Å². The highest BCUT2D eigenvalue weighted by Crippen LogP contribution is 2.25. The number of rotatable bonds is 5. The summed E-state index contributed by atoms with van der Waals surface area (Å²) in [4.78, 5) is 16.6. The van der Waals surface area contributed by atoms with Gasteiger partial charge in [-0.1, -0.05) is 41.4 Å². The zero-order chi connectivity index (χ0) is 17.6. The van der Waals surface area contributed by atoms with Crippen LogP contribution in [0.25, 0.3) is 0 Å². The molecule has 1 amide bonds. The molecule has 0 radical (unpaired) electrons. The van der Waals surface area contributed by atoms with Crippen LogP contribution in [0, 0.1) is 0 Å². The van der Waals surface area contributed by atoms with Crippen molar-refractivity contribution in [1.29, 1.82) is 0 Å². The lowest BCUT2D eigenvalue weighted by Crippen LogP contribution is -2.49. The van der Waals surface area contributed by atoms with Crippen LogP contribution < -0.4 is 10.2 Å². The highest BCUT2D eigenvalue weighted by atomic mass is 35.5. The molecule has 0 spiro atoms. The Bertz CT molecular complexity index is 716. The van der Waals surface area contributed by atoms with Crippen molar-refractivity contribution in [3.63, 3.8) is 0 Å². The third-order valence-electron chi connectivity index (χ3n) is 4.34. The minimum absolute atomic E-state index is 0.165. The molecule has 0 aromatic heterocycles. The SMILES string of the molecule is O=C(CCNc1cc(Cl)ccc1Cl)N1CCN(c2ccccc2)CC1. The number of amides is 1. The molecule has 0 saturated carbocycles. The van der Waals surface area contributed by atoms with Crippen molar-refractivity contribution in [2.75, 3.05) is 42.9 Å². The first kappa shape index (κ1) is 17.9. The first-order chi connectivity index (χ1) is 12.1. The van der Waals surface area contributed by atoms with E-state index in [1.165, 1.54) is 5.69 Å². The number of benzene rings is 2. The van der Waals surface area contributed by atoms with Gasteiger partial charge in [-0.25, -0.2) is 0 Å². The lowest BCUT2D eigenvalue weighted by molar-refractivity contribution is -0.131. The molecule has 2 aromatic carbocycles. The number of nitrogens with one attached hydrogen (secondary N) is 1. The van der Waals surface area contributed by atoms with E-state index in [2.05, 4.69) is 22.3 Å². The van der Waals surface area contributed by atoms with Crippen LogP contribution in [0.5, 0.6) is 0 Å². The largest absolute Gasteiger partial charge is 0.383 e. The summed E-state index contributed by atoms with van der Waals surface area (Å²) in [6.07, 6.45) is 0.439. The van der Waals surface area contributed by atoms with E-state index in [-0.39, 0.29) is 5.91 Å². The lowest BCUT2D eigenvalue weighted by atomic mass is 10.2. The molecule has 1 saturated heterocycles. The number of hydrogen-bond acceptors (Lipinski definition) is 3. The lowest BCUT2D eigenvalue weighted by Gasteiger charge is -2.36. The zero-order valence-corrected chi connectivity index (χ0v) is 15.4. The van der Waals surface area contributed by atoms with Gasteiger partial charge in [-0.3, -0.25) is 4.79 Å². The number of carbonyl (C=O) groups excluding carboxylic acids is 1. The maximum Gasteiger partial charge on any atom is 0.224 e. The summed E-state index contributed by atoms with van der Waals surface area (Å²) >= 11 is 12.1. The van der Waals surface area contributed by atoms with Gasteiger partial charge >= 0.3 is 0 Å². The minimum atomic E-state index is 0.165. The van der Waals surface area contributed by atoms with Crippen molar-refractivity contribution in [3.05, 3.63) is 58.6 Å². The van der Waals surface area contributed by atoms with E-state index in [9.17, 15) is 4.79 Å². The Balaban J connectivity index is 1.44. The first-order valence-electron chi connectivity index (χ1n) is 8.40. The van der Waals surface area contributed by atoms with E-state index in [4.69, 9.17) is 23.2 Å². The van der Waals surface area contributed by atoms with Crippen molar-refractivity contribution in [3.8, 4) is 0 Å². The molecule has 1 heterocycles. The molecule has 0 atom stereocenters. The fourth-order valence-electron chi connectivity index (χ4n) is 2.95. The smallest absolute Gasteiger partial charge is 0.224 e. The van der Waals surface area contributed by atoms with Crippen LogP contribution in [0.1, 0.15) is 6.42 Å². The van der Waals surface area contributed by atoms with Crippen LogP contribution in [0.3, 0.4) is 0 Å². The van der Waals surface area contributed by atoms with Crippen LogP contribution in [0.2, 0.25) is 10.0 Å².